The Morgan fingerprint density at radius 3 is 2.64 bits per heavy atom. The number of likely N-dealkylation sites (N-methyl/N-ethyl adjacent to an activating group) is 1. The molecule has 1 saturated heterocycles. The van der Waals surface area contributed by atoms with Crippen molar-refractivity contribution in [3.63, 3.8) is 0 Å². The van der Waals surface area contributed by atoms with E-state index in [9.17, 15) is 14.7 Å². The van der Waals surface area contributed by atoms with Gasteiger partial charge in [-0.1, -0.05) is 25.1 Å². The fraction of sp³-hybridized carbons (Fsp3) is 0.600. The number of carbonyl (C=O) groups excluding carboxylic acids is 2. The highest BCUT2D eigenvalue weighted by Crippen LogP contribution is 2.67. The molecular formula is C25H32N2O6. The van der Waals surface area contributed by atoms with Gasteiger partial charge in [-0.25, -0.2) is 4.79 Å². The first-order valence-electron chi connectivity index (χ1n) is 11.5. The first kappa shape index (κ1) is 22.2. The maximum atomic E-state index is 13.5. The van der Waals surface area contributed by atoms with E-state index in [2.05, 4.69) is 23.1 Å². The summed E-state index contributed by atoms with van der Waals surface area (Å²) in [7, 11) is 4.77. The Balaban J connectivity index is 1.86. The normalized spacial score (nSPS) is 38.4. The van der Waals surface area contributed by atoms with Crippen molar-refractivity contribution < 1.29 is 28.9 Å². The van der Waals surface area contributed by atoms with Crippen LogP contribution < -0.4 is 9.64 Å². The molecule has 1 aromatic carbocycles. The molecule has 0 radical (unpaired) electrons. The predicted molar refractivity (Wildman–Crippen MR) is 121 cm³/mol. The molecule has 2 fully saturated rings. The largest absolute Gasteiger partial charge is 0.497 e. The number of rotatable bonds is 4. The Labute approximate surface area is 194 Å². The van der Waals surface area contributed by atoms with Crippen molar-refractivity contribution in [3.8, 4) is 5.75 Å². The van der Waals surface area contributed by atoms with Gasteiger partial charge in [0, 0.05) is 49.1 Å². The highest BCUT2D eigenvalue weighted by Gasteiger charge is 2.80. The summed E-state index contributed by atoms with van der Waals surface area (Å²) in [5.41, 5.74) is -1.41. The number of carbonyl (C=O) groups is 2. The van der Waals surface area contributed by atoms with Crippen LogP contribution in [0.25, 0.3) is 0 Å². The lowest BCUT2D eigenvalue weighted by Gasteiger charge is -2.63. The van der Waals surface area contributed by atoms with Gasteiger partial charge in [-0.3, -0.25) is 9.69 Å². The second kappa shape index (κ2) is 7.21. The van der Waals surface area contributed by atoms with Crippen molar-refractivity contribution >= 4 is 17.6 Å². The number of ether oxygens (including phenoxy) is 3. The molecule has 1 saturated carbocycles. The molecule has 0 bridgehead atoms. The Morgan fingerprint density at radius 2 is 2.00 bits per heavy atom. The van der Waals surface area contributed by atoms with Gasteiger partial charge in [-0.05, 0) is 31.0 Å². The van der Waals surface area contributed by atoms with Gasteiger partial charge < -0.3 is 24.2 Å². The Morgan fingerprint density at radius 1 is 1.24 bits per heavy atom. The number of nitrogens with zero attached hydrogens (tertiary/aromatic N) is 2. The number of aliphatic hydroxyl groups is 1. The second-order valence-corrected chi connectivity index (χ2v) is 9.76. The number of benzene rings is 1. The fourth-order valence-corrected chi connectivity index (χ4v) is 7.68. The van der Waals surface area contributed by atoms with Crippen LogP contribution >= 0.6 is 0 Å². The molecule has 178 valence electrons. The van der Waals surface area contributed by atoms with Gasteiger partial charge >= 0.3 is 11.9 Å². The summed E-state index contributed by atoms with van der Waals surface area (Å²) >= 11 is 0. The minimum Gasteiger partial charge on any atom is -0.497 e. The summed E-state index contributed by atoms with van der Waals surface area (Å²) < 4.78 is 16.6. The van der Waals surface area contributed by atoms with Crippen molar-refractivity contribution in [3.05, 3.63) is 35.9 Å². The van der Waals surface area contributed by atoms with E-state index in [0.717, 1.165) is 30.8 Å². The molecule has 8 nitrogen and oxygen atoms in total. The van der Waals surface area contributed by atoms with E-state index < -0.39 is 40.5 Å². The minimum atomic E-state index is -2.08. The van der Waals surface area contributed by atoms with Gasteiger partial charge in [-0.15, -0.1) is 0 Å². The van der Waals surface area contributed by atoms with Crippen molar-refractivity contribution in [2.75, 3.05) is 39.3 Å². The Hall–Kier alpha value is -2.58. The van der Waals surface area contributed by atoms with E-state index in [0.29, 0.717) is 12.2 Å². The molecule has 3 aliphatic heterocycles. The van der Waals surface area contributed by atoms with Gasteiger partial charge in [0.1, 0.15) is 5.75 Å². The standard InChI is InChI=1S/C25H32N2O6/c1-6-23-10-7-12-27-13-11-24(19(23)27)17-9-8-16(31-4)14-18(17)26(3)20(24)25(30,22(29)32-5)21(23)33-15(2)28/h7-10,14,19-21,30H,6,11-13H2,1-5H3/t19-,20+,21+,23+,24?,25?/m0/s1. The maximum Gasteiger partial charge on any atom is 0.344 e. The first-order valence-corrected chi connectivity index (χ1v) is 11.5. The summed E-state index contributed by atoms with van der Waals surface area (Å²) in [5.74, 6) is -0.617. The third kappa shape index (κ3) is 2.48. The monoisotopic (exact) mass is 456 g/mol. The SMILES string of the molecule is CC[C@]12C=CCN3CCC4(c5ccc(OC)cc5N(C)[C@H]4C(O)(C(=O)OC)[C@@H]1OC(C)=O)[C@@H]32. The van der Waals surface area contributed by atoms with Crippen molar-refractivity contribution in [1.82, 2.24) is 4.90 Å². The smallest absolute Gasteiger partial charge is 0.344 e. The van der Waals surface area contributed by atoms with Gasteiger partial charge in [-0.2, -0.15) is 0 Å². The van der Waals surface area contributed by atoms with E-state index >= 15 is 0 Å². The molecule has 5 rings (SSSR count). The van der Waals surface area contributed by atoms with Gasteiger partial charge in [0.2, 0.25) is 5.60 Å². The van der Waals surface area contributed by atoms with Crippen LogP contribution in [0.3, 0.4) is 0 Å². The van der Waals surface area contributed by atoms with Crippen molar-refractivity contribution in [2.45, 2.75) is 55.9 Å². The minimum absolute atomic E-state index is 0.0589. The zero-order valence-electron chi connectivity index (χ0n) is 19.8. The van der Waals surface area contributed by atoms with Crippen LogP contribution in [0.15, 0.2) is 30.4 Å². The second-order valence-electron chi connectivity index (χ2n) is 9.76. The molecule has 33 heavy (non-hydrogen) atoms. The third-order valence-electron chi connectivity index (χ3n) is 8.62. The summed E-state index contributed by atoms with van der Waals surface area (Å²) in [6.45, 7) is 4.94. The molecule has 0 aromatic heterocycles. The number of hydrogen-bond donors (Lipinski definition) is 1. The lowest BCUT2D eigenvalue weighted by atomic mass is 9.47. The fourth-order valence-electron chi connectivity index (χ4n) is 7.68. The zero-order chi connectivity index (χ0) is 23.8. The zero-order valence-corrected chi connectivity index (χ0v) is 19.8. The molecular weight excluding hydrogens is 424 g/mol. The van der Waals surface area contributed by atoms with Crippen LogP contribution in [0.1, 0.15) is 32.3 Å². The number of hydrogen-bond acceptors (Lipinski definition) is 8. The van der Waals surface area contributed by atoms with Gasteiger partial charge in [0.15, 0.2) is 6.10 Å². The molecule has 1 spiro atoms. The number of fused-ring (bicyclic) bond motifs is 1. The van der Waals surface area contributed by atoms with Crippen molar-refractivity contribution in [1.29, 1.82) is 0 Å². The summed E-state index contributed by atoms with van der Waals surface area (Å²) in [5, 5.41) is 12.5. The molecule has 8 heteroatoms. The molecule has 3 heterocycles. The van der Waals surface area contributed by atoms with E-state index in [1.165, 1.54) is 14.0 Å². The highest BCUT2D eigenvalue weighted by molar-refractivity contribution is 5.87. The topological polar surface area (TPSA) is 88.5 Å². The third-order valence-corrected chi connectivity index (χ3v) is 8.62. The Bertz CT molecular complexity index is 1040. The van der Waals surface area contributed by atoms with Crippen molar-refractivity contribution in [2.24, 2.45) is 5.41 Å². The summed E-state index contributed by atoms with van der Waals surface area (Å²) in [6.07, 6.45) is 4.40. The molecule has 0 amide bonds. The van der Waals surface area contributed by atoms with Crippen LogP contribution in [0.4, 0.5) is 5.69 Å². The number of esters is 2. The molecule has 1 aromatic rings. The van der Waals surface area contributed by atoms with Gasteiger partial charge in [0.05, 0.1) is 20.3 Å². The maximum absolute atomic E-state index is 13.5. The van der Waals surface area contributed by atoms with Crippen LogP contribution in [-0.2, 0) is 24.5 Å². The van der Waals surface area contributed by atoms with Crippen LogP contribution in [0, 0.1) is 5.41 Å². The molecule has 6 atom stereocenters. The molecule has 1 aliphatic carbocycles. The van der Waals surface area contributed by atoms with E-state index in [-0.39, 0.29) is 6.04 Å². The van der Waals surface area contributed by atoms with E-state index in [1.54, 1.807) is 7.11 Å². The predicted octanol–water partition coefficient (Wildman–Crippen LogP) is 1.64. The highest BCUT2D eigenvalue weighted by atomic mass is 16.6. The lowest BCUT2D eigenvalue weighted by molar-refractivity contribution is -0.228. The van der Waals surface area contributed by atoms with Gasteiger partial charge in [0.25, 0.3) is 0 Å². The molecule has 1 N–H and O–H groups in total. The average Bonchev–Trinajstić information content (AvgIpc) is 3.32. The Kier molecular flexibility index (Phi) is 4.85. The number of anilines is 1. The van der Waals surface area contributed by atoms with Crippen LogP contribution in [-0.4, -0.2) is 80.1 Å². The van der Waals surface area contributed by atoms with E-state index in [1.807, 2.05) is 31.0 Å². The summed E-state index contributed by atoms with van der Waals surface area (Å²) in [6, 6.07) is 5.22. The van der Waals surface area contributed by atoms with Crippen LogP contribution in [0.2, 0.25) is 0 Å². The molecule has 2 unspecified atom stereocenters. The lowest BCUT2D eigenvalue weighted by Crippen LogP contribution is -2.81. The average molecular weight is 457 g/mol. The number of methoxy groups -OCH3 is 2. The van der Waals surface area contributed by atoms with E-state index in [4.69, 9.17) is 14.2 Å². The summed E-state index contributed by atoms with van der Waals surface area (Å²) in [4.78, 5) is 30.2. The van der Waals surface area contributed by atoms with Crippen LogP contribution in [0.5, 0.6) is 5.75 Å². The molecule has 4 aliphatic rings. The first-order chi connectivity index (χ1) is 15.7. The quantitative estimate of drug-likeness (QED) is 0.541.